The van der Waals surface area contributed by atoms with Crippen LogP contribution in [0.3, 0.4) is 0 Å². The Hall–Kier alpha value is -2.05. The van der Waals surface area contributed by atoms with E-state index >= 15 is 0 Å². The number of hydrogen-bond donors (Lipinski definition) is 1. The Balaban J connectivity index is 2.32. The third-order valence-electron chi connectivity index (χ3n) is 3.90. The summed E-state index contributed by atoms with van der Waals surface area (Å²) in [6.07, 6.45) is 0. The molecule has 0 spiro atoms. The van der Waals surface area contributed by atoms with Gasteiger partial charge in [0.15, 0.2) is 11.5 Å². The van der Waals surface area contributed by atoms with E-state index in [1.54, 1.807) is 6.07 Å². The number of rotatable bonds is 6. The van der Waals surface area contributed by atoms with E-state index < -0.39 is 10.0 Å². The predicted octanol–water partition coefficient (Wildman–Crippen LogP) is 3.36. The van der Waals surface area contributed by atoms with Crippen LogP contribution in [0.2, 0.25) is 0 Å². The molecule has 0 aliphatic heterocycles. The fourth-order valence-electron chi connectivity index (χ4n) is 2.57. The zero-order chi connectivity index (χ0) is 17.9. The van der Waals surface area contributed by atoms with Gasteiger partial charge in [0.2, 0.25) is 10.0 Å². The summed E-state index contributed by atoms with van der Waals surface area (Å²) in [5, 5.41) is 0. The van der Waals surface area contributed by atoms with Gasteiger partial charge in [0.25, 0.3) is 0 Å². The third-order valence-corrected chi connectivity index (χ3v) is 5.44. The maximum atomic E-state index is 12.7. The van der Waals surface area contributed by atoms with Gasteiger partial charge in [-0.15, -0.1) is 0 Å². The van der Waals surface area contributed by atoms with Crippen molar-refractivity contribution in [2.75, 3.05) is 14.2 Å². The topological polar surface area (TPSA) is 64.6 Å². The summed E-state index contributed by atoms with van der Waals surface area (Å²) in [6, 6.07) is 10.2. The number of sulfonamides is 1. The maximum Gasteiger partial charge on any atom is 0.241 e. The summed E-state index contributed by atoms with van der Waals surface area (Å²) in [4.78, 5) is 0.136. The summed E-state index contributed by atoms with van der Waals surface area (Å²) in [5.74, 6) is 0.860. The van der Waals surface area contributed by atoms with E-state index in [1.807, 2.05) is 39.0 Å². The van der Waals surface area contributed by atoms with E-state index in [9.17, 15) is 8.42 Å². The summed E-state index contributed by atoms with van der Waals surface area (Å²) in [6.45, 7) is 5.79. The van der Waals surface area contributed by atoms with Crippen LogP contribution in [0.4, 0.5) is 0 Å². The lowest BCUT2D eigenvalue weighted by Crippen LogP contribution is -2.27. The zero-order valence-corrected chi connectivity index (χ0v) is 15.4. The van der Waals surface area contributed by atoms with Crippen LogP contribution in [0, 0.1) is 13.8 Å². The third kappa shape index (κ3) is 3.88. The van der Waals surface area contributed by atoms with Crippen LogP contribution in [0.25, 0.3) is 0 Å². The number of nitrogens with one attached hydrogen (secondary N) is 1. The highest BCUT2D eigenvalue weighted by atomic mass is 32.2. The van der Waals surface area contributed by atoms with Crippen molar-refractivity contribution in [1.82, 2.24) is 4.72 Å². The smallest absolute Gasteiger partial charge is 0.241 e. The molecule has 5 nitrogen and oxygen atoms in total. The monoisotopic (exact) mass is 349 g/mol. The minimum Gasteiger partial charge on any atom is -0.493 e. The molecule has 2 aromatic rings. The Morgan fingerprint density at radius 1 is 0.958 bits per heavy atom. The largest absolute Gasteiger partial charge is 0.493 e. The molecular formula is C18H23NO4S. The van der Waals surface area contributed by atoms with E-state index in [0.717, 1.165) is 16.7 Å². The molecule has 0 bridgehead atoms. The number of ether oxygens (including phenoxy) is 2. The molecule has 1 atom stereocenters. The molecule has 0 saturated carbocycles. The molecular weight excluding hydrogens is 326 g/mol. The van der Waals surface area contributed by atoms with E-state index in [1.165, 1.54) is 26.4 Å². The van der Waals surface area contributed by atoms with Gasteiger partial charge in [-0.3, -0.25) is 0 Å². The molecule has 0 heterocycles. The molecule has 0 saturated heterocycles. The van der Waals surface area contributed by atoms with E-state index in [-0.39, 0.29) is 10.9 Å². The zero-order valence-electron chi connectivity index (χ0n) is 14.6. The van der Waals surface area contributed by atoms with Crippen molar-refractivity contribution in [1.29, 1.82) is 0 Å². The lowest BCUT2D eigenvalue weighted by molar-refractivity contribution is 0.354. The van der Waals surface area contributed by atoms with Gasteiger partial charge in [-0.05, 0) is 44.0 Å². The maximum absolute atomic E-state index is 12.7. The number of methoxy groups -OCH3 is 2. The Bertz CT molecular complexity index is 831. The first-order chi connectivity index (χ1) is 11.3. The molecule has 1 unspecified atom stereocenters. The molecule has 0 fully saturated rings. The Morgan fingerprint density at radius 2 is 1.62 bits per heavy atom. The standard InChI is InChI=1S/C18H23NO4S/c1-12-6-7-13(2)16(10-12)14(3)19-24(20,21)15-8-9-17(22-4)18(11-15)23-5/h6-11,14,19H,1-5H3. The molecule has 0 aliphatic rings. The van der Waals surface area contributed by atoms with Crippen LogP contribution in [0.5, 0.6) is 11.5 Å². The summed E-state index contributed by atoms with van der Waals surface area (Å²) >= 11 is 0. The molecule has 2 rings (SSSR count). The molecule has 0 amide bonds. The highest BCUT2D eigenvalue weighted by molar-refractivity contribution is 7.89. The SMILES string of the molecule is COc1ccc(S(=O)(=O)NC(C)c2cc(C)ccc2C)cc1OC. The van der Waals surface area contributed by atoms with Gasteiger partial charge in [-0.25, -0.2) is 13.1 Å². The Morgan fingerprint density at radius 3 is 2.25 bits per heavy atom. The molecule has 1 N–H and O–H groups in total. The first-order valence-electron chi connectivity index (χ1n) is 7.60. The minimum absolute atomic E-state index is 0.136. The average Bonchev–Trinajstić information content (AvgIpc) is 2.55. The van der Waals surface area contributed by atoms with Crippen LogP contribution in [-0.2, 0) is 10.0 Å². The number of benzene rings is 2. The molecule has 6 heteroatoms. The first-order valence-corrected chi connectivity index (χ1v) is 9.08. The van der Waals surface area contributed by atoms with Gasteiger partial charge in [-0.2, -0.15) is 0 Å². The second-order valence-electron chi connectivity index (χ2n) is 5.72. The van der Waals surface area contributed by atoms with Crippen LogP contribution in [-0.4, -0.2) is 22.6 Å². The summed E-state index contributed by atoms with van der Waals surface area (Å²) < 4.78 is 38.4. The van der Waals surface area contributed by atoms with E-state index in [0.29, 0.717) is 11.5 Å². The lowest BCUT2D eigenvalue weighted by atomic mass is 10.0. The molecule has 24 heavy (non-hydrogen) atoms. The van der Waals surface area contributed by atoms with Crippen molar-refractivity contribution in [3.05, 3.63) is 53.1 Å². The second-order valence-corrected chi connectivity index (χ2v) is 7.43. The van der Waals surface area contributed by atoms with Gasteiger partial charge in [-0.1, -0.05) is 23.8 Å². The summed E-state index contributed by atoms with van der Waals surface area (Å²) in [7, 11) is -0.701. The quantitative estimate of drug-likeness (QED) is 0.868. The van der Waals surface area contributed by atoms with Gasteiger partial charge in [0.1, 0.15) is 0 Å². The van der Waals surface area contributed by atoms with Crippen molar-refractivity contribution in [3.8, 4) is 11.5 Å². The average molecular weight is 349 g/mol. The lowest BCUT2D eigenvalue weighted by Gasteiger charge is -2.18. The van der Waals surface area contributed by atoms with Gasteiger partial charge in [0.05, 0.1) is 19.1 Å². The predicted molar refractivity (Wildman–Crippen MR) is 94.2 cm³/mol. The van der Waals surface area contributed by atoms with Crippen LogP contribution >= 0.6 is 0 Å². The first kappa shape index (κ1) is 18.3. The normalized spacial score (nSPS) is 12.7. The molecule has 0 aromatic heterocycles. The van der Waals surface area contributed by atoms with Gasteiger partial charge >= 0.3 is 0 Å². The number of hydrogen-bond acceptors (Lipinski definition) is 4. The molecule has 2 aromatic carbocycles. The van der Waals surface area contributed by atoms with Crippen molar-refractivity contribution in [3.63, 3.8) is 0 Å². The fourth-order valence-corrected chi connectivity index (χ4v) is 3.81. The summed E-state index contributed by atoms with van der Waals surface area (Å²) in [5.41, 5.74) is 3.09. The van der Waals surface area contributed by atoms with Gasteiger partial charge in [0, 0.05) is 12.1 Å². The van der Waals surface area contributed by atoms with Crippen molar-refractivity contribution in [2.24, 2.45) is 0 Å². The second kappa shape index (κ2) is 7.23. The van der Waals surface area contributed by atoms with Crippen molar-refractivity contribution in [2.45, 2.75) is 31.7 Å². The number of aryl methyl sites for hydroxylation is 2. The highest BCUT2D eigenvalue weighted by Gasteiger charge is 2.21. The Labute approximate surface area is 143 Å². The van der Waals surface area contributed by atoms with E-state index in [2.05, 4.69) is 4.72 Å². The fraction of sp³-hybridized carbons (Fsp3) is 0.333. The van der Waals surface area contributed by atoms with Gasteiger partial charge < -0.3 is 9.47 Å². The minimum atomic E-state index is -3.68. The van der Waals surface area contributed by atoms with Crippen LogP contribution in [0.15, 0.2) is 41.3 Å². The van der Waals surface area contributed by atoms with E-state index in [4.69, 9.17) is 9.47 Å². The Kier molecular flexibility index (Phi) is 5.51. The van der Waals surface area contributed by atoms with Crippen molar-refractivity contribution >= 4 is 10.0 Å². The molecule has 0 aliphatic carbocycles. The molecule has 130 valence electrons. The van der Waals surface area contributed by atoms with Crippen LogP contribution in [0.1, 0.15) is 29.7 Å². The highest BCUT2D eigenvalue weighted by Crippen LogP contribution is 2.30. The van der Waals surface area contributed by atoms with Crippen LogP contribution < -0.4 is 14.2 Å². The van der Waals surface area contributed by atoms with Crippen molar-refractivity contribution < 1.29 is 17.9 Å². The molecule has 0 radical (unpaired) electrons.